The van der Waals surface area contributed by atoms with Crippen molar-refractivity contribution >= 4 is 38.3 Å². The second-order valence-electron chi connectivity index (χ2n) is 5.45. The number of nitrogens with zero attached hydrogens (tertiary/aromatic N) is 3. The number of carbonyl (C=O) groups is 1. The van der Waals surface area contributed by atoms with Crippen molar-refractivity contribution in [3.63, 3.8) is 0 Å². The van der Waals surface area contributed by atoms with Gasteiger partial charge in [0.15, 0.2) is 6.61 Å². The van der Waals surface area contributed by atoms with E-state index in [1.54, 1.807) is 7.05 Å². The first-order valence-corrected chi connectivity index (χ1v) is 9.19. The van der Waals surface area contributed by atoms with Crippen molar-refractivity contribution in [3.05, 3.63) is 58.6 Å². The Morgan fingerprint density at radius 3 is 2.48 bits per heavy atom. The van der Waals surface area contributed by atoms with E-state index in [9.17, 15) is 4.79 Å². The van der Waals surface area contributed by atoms with E-state index in [0.29, 0.717) is 10.9 Å². The number of halogens is 1. The van der Waals surface area contributed by atoms with Crippen molar-refractivity contribution < 1.29 is 9.53 Å². The molecule has 0 N–H and O–H groups in total. The summed E-state index contributed by atoms with van der Waals surface area (Å²) in [4.78, 5) is 13.8. The van der Waals surface area contributed by atoms with E-state index in [1.807, 2.05) is 55.5 Å². The number of hydrogen-bond acceptors (Lipinski definition) is 5. The van der Waals surface area contributed by atoms with Gasteiger partial charge in [-0.2, -0.15) is 0 Å². The van der Waals surface area contributed by atoms with Crippen LogP contribution >= 0.6 is 27.3 Å². The molecule has 0 aliphatic heterocycles. The topological polar surface area (TPSA) is 55.3 Å². The monoisotopic (exact) mass is 417 g/mol. The van der Waals surface area contributed by atoms with Gasteiger partial charge in [-0.15, -0.1) is 10.2 Å². The third-order valence-electron chi connectivity index (χ3n) is 3.55. The summed E-state index contributed by atoms with van der Waals surface area (Å²) in [5.41, 5.74) is 2.11. The van der Waals surface area contributed by atoms with Crippen molar-refractivity contribution in [1.82, 2.24) is 10.2 Å². The normalized spacial score (nSPS) is 10.5. The lowest BCUT2D eigenvalue weighted by Gasteiger charge is -2.13. The van der Waals surface area contributed by atoms with E-state index in [1.165, 1.54) is 16.2 Å². The van der Waals surface area contributed by atoms with Crippen molar-refractivity contribution in [3.8, 4) is 16.3 Å². The zero-order valence-corrected chi connectivity index (χ0v) is 16.2. The molecule has 3 rings (SSSR count). The Labute approximate surface area is 158 Å². The highest BCUT2D eigenvalue weighted by Crippen LogP contribution is 2.29. The van der Waals surface area contributed by atoms with Gasteiger partial charge in [-0.05, 0) is 31.2 Å². The maximum atomic E-state index is 12.3. The Balaban J connectivity index is 1.64. The lowest BCUT2D eigenvalue weighted by molar-refractivity contribution is -0.120. The number of likely N-dealkylation sites (N-methyl/N-ethyl adjacent to an activating group) is 1. The molecule has 128 valence electrons. The molecule has 2 aromatic carbocycles. The maximum Gasteiger partial charge on any atom is 0.266 e. The number of hydrogen-bond donors (Lipinski definition) is 0. The largest absolute Gasteiger partial charge is 0.484 e. The summed E-state index contributed by atoms with van der Waals surface area (Å²) < 4.78 is 6.53. The van der Waals surface area contributed by atoms with Gasteiger partial charge >= 0.3 is 0 Å². The zero-order valence-electron chi connectivity index (χ0n) is 13.8. The van der Waals surface area contributed by atoms with Gasteiger partial charge < -0.3 is 4.74 Å². The third kappa shape index (κ3) is 4.43. The molecule has 7 heteroatoms. The Bertz CT molecular complexity index is 863. The van der Waals surface area contributed by atoms with Crippen LogP contribution in [0.3, 0.4) is 0 Å². The SMILES string of the molecule is Cc1ccc(OCC(=O)N(C)c2nnc(-c3ccc(Br)cc3)s2)cc1. The van der Waals surface area contributed by atoms with Crippen LogP contribution in [0.4, 0.5) is 5.13 Å². The van der Waals surface area contributed by atoms with E-state index in [2.05, 4.69) is 26.1 Å². The van der Waals surface area contributed by atoms with E-state index < -0.39 is 0 Å². The van der Waals surface area contributed by atoms with Gasteiger partial charge in [0, 0.05) is 17.1 Å². The fraction of sp³-hybridized carbons (Fsp3) is 0.167. The summed E-state index contributed by atoms with van der Waals surface area (Å²) in [6, 6.07) is 15.4. The highest BCUT2D eigenvalue weighted by atomic mass is 79.9. The van der Waals surface area contributed by atoms with Crippen molar-refractivity contribution in [1.29, 1.82) is 0 Å². The van der Waals surface area contributed by atoms with Crippen LogP contribution in [-0.4, -0.2) is 29.8 Å². The van der Waals surface area contributed by atoms with Gasteiger partial charge in [0.1, 0.15) is 10.8 Å². The minimum atomic E-state index is -0.181. The first kappa shape index (κ1) is 17.6. The highest BCUT2D eigenvalue weighted by molar-refractivity contribution is 9.10. The van der Waals surface area contributed by atoms with Crippen LogP contribution in [0.2, 0.25) is 0 Å². The minimum Gasteiger partial charge on any atom is -0.484 e. The van der Waals surface area contributed by atoms with Crippen LogP contribution in [0, 0.1) is 6.92 Å². The zero-order chi connectivity index (χ0) is 17.8. The van der Waals surface area contributed by atoms with Gasteiger partial charge in [-0.25, -0.2) is 0 Å². The summed E-state index contributed by atoms with van der Waals surface area (Å²) in [5, 5.41) is 9.58. The van der Waals surface area contributed by atoms with Gasteiger partial charge in [-0.1, -0.05) is 57.1 Å². The fourth-order valence-corrected chi connectivity index (χ4v) is 3.14. The molecule has 0 radical (unpaired) electrons. The molecule has 0 unspecified atom stereocenters. The smallest absolute Gasteiger partial charge is 0.266 e. The van der Waals surface area contributed by atoms with Gasteiger partial charge in [0.05, 0.1) is 0 Å². The molecule has 0 saturated heterocycles. The van der Waals surface area contributed by atoms with Crippen LogP contribution < -0.4 is 9.64 Å². The lowest BCUT2D eigenvalue weighted by atomic mass is 10.2. The summed E-state index contributed by atoms with van der Waals surface area (Å²) >= 11 is 4.77. The Morgan fingerprint density at radius 1 is 1.12 bits per heavy atom. The number of anilines is 1. The molecule has 5 nitrogen and oxygen atoms in total. The molecular formula is C18H16BrN3O2S. The van der Waals surface area contributed by atoms with Crippen LogP contribution in [0.25, 0.3) is 10.6 Å². The predicted molar refractivity (Wildman–Crippen MR) is 103 cm³/mol. The predicted octanol–water partition coefficient (Wildman–Crippen LogP) is 4.32. The number of benzene rings is 2. The van der Waals surface area contributed by atoms with Crippen molar-refractivity contribution in [2.24, 2.45) is 0 Å². The van der Waals surface area contributed by atoms with E-state index in [0.717, 1.165) is 20.6 Å². The quantitative estimate of drug-likeness (QED) is 0.620. The first-order valence-electron chi connectivity index (χ1n) is 7.58. The van der Waals surface area contributed by atoms with E-state index >= 15 is 0 Å². The molecule has 0 aliphatic carbocycles. The van der Waals surface area contributed by atoms with Crippen LogP contribution in [-0.2, 0) is 4.79 Å². The average molecular weight is 418 g/mol. The van der Waals surface area contributed by atoms with Crippen LogP contribution in [0.15, 0.2) is 53.0 Å². The van der Waals surface area contributed by atoms with Crippen molar-refractivity contribution in [2.75, 3.05) is 18.6 Å². The molecular weight excluding hydrogens is 402 g/mol. The summed E-state index contributed by atoms with van der Waals surface area (Å²) in [5.74, 6) is 0.485. The second kappa shape index (κ2) is 7.76. The molecule has 0 fully saturated rings. The molecule has 1 amide bonds. The Hall–Kier alpha value is -2.25. The molecule has 0 aliphatic rings. The standard InChI is InChI=1S/C18H16BrN3O2S/c1-12-3-9-15(10-4-12)24-11-16(23)22(2)18-21-20-17(25-18)13-5-7-14(19)8-6-13/h3-10H,11H2,1-2H3. The van der Waals surface area contributed by atoms with E-state index in [-0.39, 0.29) is 12.5 Å². The molecule has 0 bridgehead atoms. The number of ether oxygens (including phenoxy) is 1. The van der Waals surface area contributed by atoms with Crippen molar-refractivity contribution in [2.45, 2.75) is 6.92 Å². The average Bonchev–Trinajstić information content (AvgIpc) is 3.11. The van der Waals surface area contributed by atoms with Gasteiger partial charge in [0.25, 0.3) is 5.91 Å². The number of carbonyl (C=O) groups excluding carboxylic acids is 1. The van der Waals surface area contributed by atoms with Crippen LogP contribution in [0.1, 0.15) is 5.56 Å². The van der Waals surface area contributed by atoms with E-state index in [4.69, 9.17) is 4.74 Å². The molecule has 1 heterocycles. The fourth-order valence-electron chi connectivity index (χ4n) is 2.04. The molecule has 0 atom stereocenters. The highest BCUT2D eigenvalue weighted by Gasteiger charge is 2.17. The Kier molecular flexibility index (Phi) is 5.45. The lowest BCUT2D eigenvalue weighted by Crippen LogP contribution is -2.31. The van der Waals surface area contributed by atoms with Gasteiger partial charge in [-0.3, -0.25) is 9.69 Å². The number of amides is 1. The molecule has 3 aromatic rings. The van der Waals surface area contributed by atoms with Crippen LogP contribution in [0.5, 0.6) is 5.75 Å². The Morgan fingerprint density at radius 2 is 1.80 bits per heavy atom. The first-order chi connectivity index (χ1) is 12.0. The number of aryl methyl sites for hydroxylation is 1. The second-order valence-corrected chi connectivity index (χ2v) is 7.32. The third-order valence-corrected chi connectivity index (χ3v) is 5.13. The van der Waals surface area contributed by atoms with Gasteiger partial charge in [0.2, 0.25) is 5.13 Å². The maximum absolute atomic E-state index is 12.3. The molecule has 0 spiro atoms. The molecule has 1 aromatic heterocycles. The number of aromatic nitrogens is 2. The summed E-state index contributed by atoms with van der Waals surface area (Å²) in [6.45, 7) is 1.95. The summed E-state index contributed by atoms with van der Waals surface area (Å²) in [7, 11) is 1.67. The number of rotatable bonds is 5. The molecule has 25 heavy (non-hydrogen) atoms. The minimum absolute atomic E-state index is 0.0489. The summed E-state index contributed by atoms with van der Waals surface area (Å²) in [6.07, 6.45) is 0. The molecule has 0 saturated carbocycles.